The molecule has 21 heavy (non-hydrogen) atoms. The van der Waals surface area contributed by atoms with Gasteiger partial charge < -0.3 is 4.90 Å². The number of anilines is 1. The number of carbonyl (C=O) groups is 1. The molecule has 0 saturated carbocycles. The van der Waals surface area contributed by atoms with Gasteiger partial charge in [-0.2, -0.15) is 5.10 Å². The molecule has 2 rings (SSSR count). The largest absolute Gasteiger partial charge is 0.359 e. The number of ketones is 1. The third kappa shape index (κ3) is 2.78. The van der Waals surface area contributed by atoms with Gasteiger partial charge in [0.25, 0.3) is 0 Å². The van der Waals surface area contributed by atoms with Crippen molar-refractivity contribution in [3.05, 3.63) is 28.5 Å². The SMILES string of the molecule is CCN(C)c1nc(-c2cnn(C)c2)c(Cl)c(C)c1C(C)=O. The van der Waals surface area contributed by atoms with Gasteiger partial charge in [-0.1, -0.05) is 11.6 Å². The second-order valence-electron chi connectivity index (χ2n) is 5.07. The van der Waals surface area contributed by atoms with Crippen LogP contribution in [0.1, 0.15) is 29.8 Å². The quantitative estimate of drug-likeness (QED) is 0.815. The molecule has 2 aromatic rings. The van der Waals surface area contributed by atoms with Gasteiger partial charge in [-0.3, -0.25) is 9.48 Å². The van der Waals surface area contributed by atoms with Crippen molar-refractivity contribution in [2.45, 2.75) is 20.8 Å². The molecule has 112 valence electrons. The first-order valence-electron chi connectivity index (χ1n) is 6.78. The second kappa shape index (κ2) is 5.85. The lowest BCUT2D eigenvalue weighted by atomic mass is 10.0. The van der Waals surface area contributed by atoms with E-state index in [0.29, 0.717) is 22.1 Å². The van der Waals surface area contributed by atoms with Crippen molar-refractivity contribution in [3.8, 4) is 11.3 Å². The van der Waals surface area contributed by atoms with Crippen molar-refractivity contribution < 1.29 is 4.79 Å². The molecule has 0 spiro atoms. The van der Waals surface area contributed by atoms with E-state index in [4.69, 9.17) is 11.6 Å². The molecular formula is C15H19ClN4O. The van der Waals surface area contributed by atoms with Gasteiger partial charge in [0.2, 0.25) is 0 Å². The number of rotatable bonds is 4. The highest BCUT2D eigenvalue weighted by Gasteiger charge is 2.22. The Kier molecular flexibility index (Phi) is 4.32. The molecule has 0 aliphatic carbocycles. The van der Waals surface area contributed by atoms with E-state index in [0.717, 1.165) is 17.7 Å². The molecule has 0 unspecified atom stereocenters. The highest BCUT2D eigenvalue weighted by atomic mass is 35.5. The summed E-state index contributed by atoms with van der Waals surface area (Å²) in [7, 11) is 3.75. The van der Waals surface area contributed by atoms with Crippen LogP contribution in [0, 0.1) is 6.92 Å². The average molecular weight is 307 g/mol. The second-order valence-corrected chi connectivity index (χ2v) is 5.45. The van der Waals surface area contributed by atoms with Crippen molar-refractivity contribution in [1.29, 1.82) is 0 Å². The predicted molar refractivity (Wildman–Crippen MR) is 85.1 cm³/mol. The number of aryl methyl sites for hydroxylation is 1. The van der Waals surface area contributed by atoms with Crippen LogP contribution >= 0.6 is 11.6 Å². The molecule has 0 atom stereocenters. The molecule has 0 aliphatic rings. The van der Waals surface area contributed by atoms with Crippen LogP contribution < -0.4 is 4.90 Å². The summed E-state index contributed by atoms with van der Waals surface area (Å²) in [4.78, 5) is 18.5. The maximum absolute atomic E-state index is 12.0. The number of nitrogens with zero attached hydrogens (tertiary/aromatic N) is 4. The predicted octanol–water partition coefficient (Wildman–Crippen LogP) is 3.10. The Morgan fingerprint density at radius 1 is 1.48 bits per heavy atom. The van der Waals surface area contributed by atoms with E-state index in [2.05, 4.69) is 10.1 Å². The summed E-state index contributed by atoms with van der Waals surface area (Å²) in [5, 5.41) is 4.65. The first-order valence-corrected chi connectivity index (χ1v) is 7.15. The minimum Gasteiger partial charge on any atom is -0.359 e. The van der Waals surface area contributed by atoms with Gasteiger partial charge in [0, 0.05) is 32.4 Å². The van der Waals surface area contributed by atoms with Crippen LogP contribution in [0.2, 0.25) is 5.02 Å². The zero-order chi connectivity index (χ0) is 15.7. The van der Waals surface area contributed by atoms with Crippen LogP contribution in [0.3, 0.4) is 0 Å². The summed E-state index contributed by atoms with van der Waals surface area (Å²) in [6.45, 7) is 6.16. The number of Topliss-reactive ketones (excluding diaryl/α,β-unsaturated/α-hetero) is 1. The fourth-order valence-corrected chi connectivity index (χ4v) is 2.49. The molecule has 0 N–H and O–H groups in total. The zero-order valence-electron chi connectivity index (χ0n) is 12.9. The van der Waals surface area contributed by atoms with Crippen LogP contribution in [-0.2, 0) is 7.05 Å². The number of hydrogen-bond acceptors (Lipinski definition) is 4. The standard InChI is InChI=1S/C15H19ClN4O/c1-6-19(4)15-12(10(3)21)9(2)13(16)14(18-15)11-7-17-20(5)8-11/h7-8H,6H2,1-5H3. The van der Waals surface area contributed by atoms with Gasteiger partial charge in [-0.05, 0) is 26.3 Å². The van der Waals surface area contributed by atoms with E-state index in [-0.39, 0.29) is 5.78 Å². The van der Waals surface area contributed by atoms with Crippen molar-refractivity contribution in [3.63, 3.8) is 0 Å². The highest BCUT2D eigenvalue weighted by molar-refractivity contribution is 6.34. The van der Waals surface area contributed by atoms with Crippen LogP contribution in [0.15, 0.2) is 12.4 Å². The van der Waals surface area contributed by atoms with Gasteiger partial charge in [-0.25, -0.2) is 4.98 Å². The maximum Gasteiger partial charge on any atom is 0.163 e. The number of pyridine rings is 1. The molecule has 0 aromatic carbocycles. The Morgan fingerprint density at radius 2 is 2.14 bits per heavy atom. The van der Waals surface area contributed by atoms with E-state index in [1.54, 1.807) is 10.9 Å². The number of halogens is 1. The molecule has 5 nitrogen and oxygen atoms in total. The third-order valence-corrected chi connectivity index (χ3v) is 3.98. The van der Waals surface area contributed by atoms with Crippen LogP contribution in [0.4, 0.5) is 5.82 Å². The summed E-state index contributed by atoms with van der Waals surface area (Å²) < 4.78 is 1.70. The molecule has 0 radical (unpaired) electrons. The summed E-state index contributed by atoms with van der Waals surface area (Å²) >= 11 is 6.44. The van der Waals surface area contributed by atoms with E-state index < -0.39 is 0 Å². The average Bonchev–Trinajstić information content (AvgIpc) is 2.86. The summed E-state index contributed by atoms with van der Waals surface area (Å²) in [5.74, 6) is 0.626. The molecular weight excluding hydrogens is 288 g/mol. The van der Waals surface area contributed by atoms with Crippen LogP contribution in [0.5, 0.6) is 0 Å². The Hall–Kier alpha value is -1.88. The molecule has 0 amide bonds. The Bertz CT molecular complexity index is 693. The summed E-state index contributed by atoms with van der Waals surface area (Å²) in [6, 6.07) is 0. The lowest BCUT2D eigenvalue weighted by Gasteiger charge is -2.22. The molecule has 0 fully saturated rings. The van der Waals surface area contributed by atoms with E-state index in [9.17, 15) is 4.79 Å². The third-order valence-electron chi connectivity index (χ3n) is 3.52. The van der Waals surface area contributed by atoms with Crippen molar-refractivity contribution in [2.24, 2.45) is 7.05 Å². The van der Waals surface area contributed by atoms with Crippen LogP contribution in [-0.4, -0.2) is 34.1 Å². The molecule has 0 saturated heterocycles. The van der Waals surface area contributed by atoms with E-state index in [1.807, 2.05) is 39.0 Å². The smallest absolute Gasteiger partial charge is 0.163 e. The van der Waals surface area contributed by atoms with Crippen LogP contribution in [0.25, 0.3) is 11.3 Å². The molecule has 6 heteroatoms. The Balaban J connectivity index is 2.74. The Morgan fingerprint density at radius 3 is 2.62 bits per heavy atom. The fourth-order valence-electron chi connectivity index (χ4n) is 2.25. The summed E-state index contributed by atoms with van der Waals surface area (Å²) in [6.07, 6.45) is 3.58. The first-order chi connectivity index (χ1) is 9.86. The molecule has 0 aliphatic heterocycles. The van der Waals surface area contributed by atoms with Crippen molar-refractivity contribution >= 4 is 23.2 Å². The van der Waals surface area contributed by atoms with Gasteiger partial charge >= 0.3 is 0 Å². The zero-order valence-corrected chi connectivity index (χ0v) is 13.7. The first kappa shape index (κ1) is 15.5. The molecule has 2 heterocycles. The minimum atomic E-state index is -0.0325. The van der Waals surface area contributed by atoms with Crippen molar-refractivity contribution in [2.75, 3.05) is 18.5 Å². The minimum absolute atomic E-state index is 0.0325. The number of carbonyl (C=O) groups excluding carboxylic acids is 1. The lowest BCUT2D eigenvalue weighted by Crippen LogP contribution is -2.21. The number of aromatic nitrogens is 3. The molecule has 0 bridgehead atoms. The van der Waals surface area contributed by atoms with E-state index >= 15 is 0 Å². The van der Waals surface area contributed by atoms with Gasteiger partial charge in [0.15, 0.2) is 5.78 Å². The van der Waals surface area contributed by atoms with Gasteiger partial charge in [0.05, 0.1) is 22.5 Å². The van der Waals surface area contributed by atoms with Crippen molar-refractivity contribution in [1.82, 2.24) is 14.8 Å². The Labute approximate surface area is 129 Å². The lowest BCUT2D eigenvalue weighted by molar-refractivity contribution is 0.101. The molecule has 2 aromatic heterocycles. The summed E-state index contributed by atoms with van der Waals surface area (Å²) in [5.41, 5.74) is 2.83. The maximum atomic E-state index is 12.0. The normalized spacial score (nSPS) is 10.8. The topological polar surface area (TPSA) is 51.0 Å². The highest BCUT2D eigenvalue weighted by Crippen LogP contribution is 2.35. The van der Waals surface area contributed by atoms with E-state index in [1.165, 1.54) is 6.92 Å². The fraction of sp³-hybridized carbons (Fsp3) is 0.400. The number of hydrogen-bond donors (Lipinski definition) is 0. The monoisotopic (exact) mass is 306 g/mol. The van der Waals surface area contributed by atoms with Gasteiger partial charge in [-0.15, -0.1) is 0 Å². The van der Waals surface area contributed by atoms with Gasteiger partial charge in [0.1, 0.15) is 5.82 Å².